The van der Waals surface area contributed by atoms with Crippen molar-refractivity contribution in [3.05, 3.63) is 163 Å². The maximum absolute atomic E-state index is 7.49. The van der Waals surface area contributed by atoms with E-state index in [1.165, 1.54) is 49.4 Å². The number of benzene rings is 7. The van der Waals surface area contributed by atoms with Gasteiger partial charge in [-0.2, -0.15) is 0 Å². The van der Waals surface area contributed by atoms with Crippen LogP contribution in [0.1, 0.15) is 0 Å². The van der Waals surface area contributed by atoms with Crippen molar-refractivity contribution in [2.45, 2.75) is 0 Å². The number of rotatable bonds is 3. The molecule has 9 aromatic rings. The minimum absolute atomic E-state index is 0.660. The van der Waals surface area contributed by atoms with E-state index in [0.717, 1.165) is 27.5 Å². The molecular weight excluding hydrogens is 534 g/mol. The van der Waals surface area contributed by atoms with Crippen LogP contribution in [0.15, 0.2) is 152 Å². The maximum atomic E-state index is 7.49. The molecule has 3 heteroatoms. The second-order valence-electron chi connectivity index (χ2n) is 11.3. The van der Waals surface area contributed by atoms with E-state index in [0.29, 0.717) is 5.69 Å². The summed E-state index contributed by atoms with van der Waals surface area (Å²) in [6, 6.07) is 53.9. The van der Waals surface area contributed by atoms with Crippen LogP contribution in [-0.2, 0) is 0 Å². The second-order valence-corrected chi connectivity index (χ2v) is 11.3. The van der Waals surface area contributed by atoms with Crippen LogP contribution < -0.4 is 0 Å². The summed E-state index contributed by atoms with van der Waals surface area (Å²) in [5.74, 6) is 0. The molecule has 0 aliphatic carbocycles. The van der Waals surface area contributed by atoms with Crippen molar-refractivity contribution in [3.63, 3.8) is 0 Å². The standard InChI is InChI=1S/C41H25N3/c1-42-30-20-24-40-36(26-30)34-13-4-6-14-38(34)43(40)31-21-17-27(18-22-31)29-19-23-41-35(25-29)33-12-5-7-15-39(33)44(41)37-16-8-10-28-9-2-3-11-32(28)37/h2-26H. The predicted molar refractivity (Wildman–Crippen MR) is 184 cm³/mol. The van der Waals surface area contributed by atoms with Crippen molar-refractivity contribution >= 4 is 60.1 Å². The normalized spacial score (nSPS) is 11.6. The van der Waals surface area contributed by atoms with Gasteiger partial charge < -0.3 is 9.13 Å². The number of para-hydroxylation sites is 2. The van der Waals surface area contributed by atoms with Crippen molar-refractivity contribution in [2.24, 2.45) is 0 Å². The highest BCUT2D eigenvalue weighted by Crippen LogP contribution is 2.38. The molecule has 44 heavy (non-hydrogen) atoms. The van der Waals surface area contributed by atoms with Crippen LogP contribution >= 0.6 is 0 Å². The molecule has 0 unspecified atom stereocenters. The highest BCUT2D eigenvalue weighted by Gasteiger charge is 2.16. The van der Waals surface area contributed by atoms with Crippen LogP contribution in [0.2, 0.25) is 0 Å². The number of hydrogen-bond acceptors (Lipinski definition) is 0. The number of hydrogen-bond donors (Lipinski definition) is 0. The van der Waals surface area contributed by atoms with Crippen molar-refractivity contribution in [1.82, 2.24) is 9.13 Å². The summed E-state index contributed by atoms with van der Waals surface area (Å²) in [4.78, 5) is 3.67. The number of nitrogens with zero attached hydrogens (tertiary/aromatic N) is 3. The first-order valence-corrected chi connectivity index (χ1v) is 14.8. The Morgan fingerprint density at radius 2 is 0.977 bits per heavy atom. The fourth-order valence-electron chi connectivity index (χ4n) is 6.93. The van der Waals surface area contributed by atoms with Gasteiger partial charge in [-0.15, -0.1) is 0 Å². The molecule has 0 N–H and O–H groups in total. The second kappa shape index (κ2) is 9.46. The Balaban J connectivity index is 1.19. The Labute approximate surface area is 254 Å². The third-order valence-electron chi connectivity index (χ3n) is 8.92. The van der Waals surface area contributed by atoms with Gasteiger partial charge in [0.05, 0.1) is 34.3 Å². The molecule has 2 heterocycles. The Morgan fingerprint density at radius 3 is 1.75 bits per heavy atom. The van der Waals surface area contributed by atoms with E-state index in [9.17, 15) is 0 Å². The molecule has 3 nitrogen and oxygen atoms in total. The Hall–Kier alpha value is -6.11. The van der Waals surface area contributed by atoms with Gasteiger partial charge in [0.2, 0.25) is 0 Å². The van der Waals surface area contributed by atoms with E-state index in [1.807, 2.05) is 12.1 Å². The van der Waals surface area contributed by atoms with Gasteiger partial charge in [-0.1, -0.05) is 97.1 Å². The monoisotopic (exact) mass is 559 g/mol. The van der Waals surface area contributed by atoms with E-state index in [-0.39, 0.29) is 0 Å². The maximum Gasteiger partial charge on any atom is 0.188 e. The molecule has 204 valence electrons. The van der Waals surface area contributed by atoms with Crippen molar-refractivity contribution in [2.75, 3.05) is 0 Å². The van der Waals surface area contributed by atoms with Gasteiger partial charge >= 0.3 is 0 Å². The molecule has 0 fully saturated rings. The fourth-order valence-corrected chi connectivity index (χ4v) is 6.93. The summed E-state index contributed by atoms with van der Waals surface area (Å²) in [7, 11) is 0. The van der Waals surface area contributed by atoms with Gasteiger partial charge in [0, 0.05) is 27.2 Å². The highest BCUT2D eigenvalue weighted by molar-refractivity contribution is 6.12. The molecule has 0 bridgehead atoms. The van der Waals surface area contributed by atoms with E-state index in [1.54, 1.807) is 0 Å². The Kier molecular flexibility index (Phi) is 5.26. The molecule has 0 amide bonds. The van der Waals surface area contributed by atoms with Gasteiger partial charge in [-0.05, 0) is 76.5 Å². The molecule has 0 spiro atoms. The van der Waals surface area contributed by atoms with E-state index < -0.39 is 0 Å². The Morgan fingerprint density at radius 1 is 0.409 bits per heavy atom. The topological polar surface area (TPSA) is 14.2 Å². The van der Waals surface area contributed by atoms with Crippen LogP contribution in [-0.4, -0.2) is 9.13 Å². The molecule has 0 radical (unpaired) electrons. The summed E-state index contributed by atoms with van der Waals surface area (Å²) in [6.07, 6.45) is 0. The smallest absolute Gasteiger partial charge is 0.188 e. The van der Waals surface area contributed by atoms with Crippen molar-refractivity contribution < 1.29 is 0 Å². The van der Waals surface area contributed by atoms with E-state index >= 15 is 0 Å². The minimum Gasteiger partial charge on any atom is -0.309 e. The Bertz CT molecular complexity index is 2600. The lowest BCUT2D eigenvalue weighted by molar-refractivity contribution is 1.18. The predicted octanol–water partition coefficient (Wildman–Crippen LogP) is 11.3. The lowest BCUT2D eigenvalue weighted by atomic mass is 10.0. The summed E-state index contributed by atoms with van der Waals surface area (Å²) in [5.41, 5.74) is 9.97. The van der Waals surface area contributed by atoms with Gasteiger partial charge in [-0.25, -0.2) is 4.85 Å². The van der Waals surface area contributed by atoms with Crippen molar-refractivity contribution in [3.8, 4) is 22.5 Å². The molecule has 0 atom stereocenters. The van der Waals surface area contributed by atoms with Crippen molar-refractivity contribution in [1.29, 1.82) is 0 Å². The quantitative estimate of drug-likeness (QED) is 0.191. The minimum atomic E-state index is 0.660. The van der Waals surface area contributed by atoms with E-state index in [4.69, 9.17) is 6.57 Å². The largest absolute Gasteiger partial charge is 0.309 e. The number of fused-ring (bicyclic) bond motifs is 7. The van der Waals surface area contributed by atoms with Gasteiger partial charge in [-0.3, -0.25) is 0 Å². The zero-order valence-corrected chi connectivity index (χ0v) is 23.8. The molecule has 0 aliphatic heterocycles. The van der Waals surface area contributed by atoms with Crippen LogP contribution in [0, 0.1) is 6.57 Å². The fraction of sp³-hybridized carbons (Fsp3) is 0. The van der Waals surface area contributed by atoms with Gasteiger partial charge in [0.25, 0.3) is 0 Å². The first-order chi connectivity index (χ1) is 21.8. The molecule has 0 saturated carbocycles. The average Bonchev–Trinajstić information content (AvgIpc) is 3.60. The van der Waals surface area contributed by atoms with Crippen LogP contribution in [0.5, 0.6) is 0 Å². The lowest BCUT2D eigenvalue weighted by Crippen LogP contribution is -1.95. The summed E-state index contributed by atoms with van der Waals surface area (Å²) in [5, 5.41) is 7.23. The molecule has 0 aliphatic rings. The zero-order valence-electron chi connectivity index (χ0n) is 23.8. The SMILES string of the molecule is [C-]#[N+]c1ccc2c(c1)c1ccccc1n2-c1ccc(-c2ccc3c(c2)c2ccccc2n3-c2cccc3ccccc23)cc1. The third kappa shape index (κ3) is 3.55. The van der Waals surface area contributed by atoms with Gasteiger partial charge in [0.1, 0.15) is 0 Å². The number of aromatic nitrogens is 2. The third-order valence-corrected chi connectivity index (χ3v) is 8.92. The van der Waals surface area contributed by atoms with Crippen LogP contribution in [0.3, 0.4) is 0 Å². The average molecular weight is 560 g/mol. The first kappa shape index (κ1) is 24.5. The van der Waals surface area contributed by atoms with Gasteiger partial charge in [0.15, 0.2) is 5.69 Å². The lowest BCUT2D eigenvalue weighted by Gasteiger charge is -2.12. The molecule has 0 saturated heterocycles. The summed E-state index contributed by atoms with van der Waals surface area (Å²) >= 11 is 0. The van der Waals surface area contributed by atoms with E-state index in [2.05, 4.69) is 154 Å². The highest BCUT2D eigenvalue weighted by atomic mass is 15.0. The van der Waals surface area contributed by atoms with Crippen LogP contribution in [0.4, 0.5) is 5.69 Å². The molecular formula is C41H25N3. The van der Waals surface area contributed by atoms with Crippen LogP contribution in [0.25, 0.3) is 81.7 Å². The molecule has 2 aromatic heterocycles. The summed E-state index contributed by atoms with van der Waals surface area (Å²) < 4.78 is 4.70. The zero-order chi connectivity index (χ0) is 29.2. The molecule has 9 rings (SSSR count). The molecule has 7 aromatic carbocycles. The summed E-state index contributed by atoms with van der Waals surface area (Å²) in [6.45, 7) is 7.49. The first-order valence-electron chi connectivity index (χ1n) is 14.8.